The Labute approximate surface area is 121 Å². The van der Waals surface area contributed by atoms with Gasteiger partial charge in [0.25, 0.3) is 0 Å². The molecule has 112 valence electrons. The molecule has 1 unspecified atom stereocenters. The van der Waals surface area contributed by atoms with Crippen molar-refractivity contribution in [1.82, 2.24) is 5.32 Å². The predicted molar refractivity (Wildman–Crippen MR) is 81.3 cm³/mol. The number of anilines is 1. The van der Waals surface area contributed by atoms with Gasteiger partial charge < -0.3 is 10.2 Å². The van der Waals surface area contributed by atoms with Crippen molar-refractivity contribution in [1.29, 1.82) is 0 Å². The maximum Gasteiger partial charge on any atom is 0.240 e. The number of rotatable bonds is 5. The van der Waals surface area contributed by atoms with Crippen LogP contribution >= 0.6 is 0 Å². The Balaban J connectivity index is 2.23. The standard InChI is InChI=1S/C14H23N3O2S/c1-2-17(11-12-6-5-9-16-10-12)13-7-3-4-8-14(13)20(15,18)19/h3-4,7-8,12,16H,2,5-6,9-11H2,1H3,(H2,15,18,19). The number of sulfonamides is 1. The van der Waals surface area contributed by atoms with Crippen molar-refractivity contribution >= 4 is 15.7 Å². The minimum Gasteiger partial charge on any atom is -0.370 e. The summed E-state index contributed by atoms with van der Waals surface area (Å²) in [6, 6.07) is 6.97. The molecule has 1 aliphatic rings. The van der Waals surface area contributed by atoms with Crippen molar-refractivity contribution < 1.29 is 8.42 Å². The topological polar surface area (TPSA) is 75.4 Å². The molecule has 1 fully saturated rings. The van der Waals surface area contributed by atoms with E-state index in [1.165, 1.54) is 12.8 Å². The lowest BCUT2D eigenvalue weighted by Crippen LogP contribution is -2.39. The summed E-state index contributed by atoms with van der Waals surface area (Å²) >= 11 is 0. The van der Waals surface area contributed by atoms with E-state index in [0.29, 0.717) is 11.6 Å². The molecule has 1 aliphatic heterocycles. The van der Waals surface area contributed by atoms with Gasteiger partial charge in [-0.3, -0.25) is 0 Å². The number of primary sulfonamides is 1. The smallest absolute Gasteiger partial charge is 0.240 e. The first-order valence-electron chi connectivity index (χ1n) is 7.10. The molecule has 0 spiro atoms. The average molecular weight is 297 g/mol. The SMILES string of the molecule is CCN(CC1CCCNC1)c1ccccc1S(N)(=O)=O. The zero-order valence-electron chi connectivity index (χ0n) is 11.9. The third-order valence-corrected chi connectivity index (χ3v) is 4.73. The summed E-state index contributed by atoms with van der Waals surface area (Å²) in [4.78, 5) is 2.32. The Morgan fingerprint density at radius 3 is 2.75 bits per heavy atom. The van der Waals surface area contributed by atoms with Gasteiger partial charge in [-0.15, -0.1) is 0 Å². The molecule has 20 heavy (non-hydrogen) atoms. The van der Waals surface area contributed by atoms with Gasteiger partial charge in [-0.2, -0.15) is 0 Å². The minimum absolute atomic E-state index is 0.214. The van der Waals surface area contributed by atoms with Crippen molar-refractivity contribution in [3.63, 3.8) is 0 Å². The van der Waals surface area contributed by atoms with Crippen LogP contribution in [0.4, 0.5) is 5.69 Å². The van der Waals surface area contributed by atoms with E-state index in [-0.39, 0.29) is 4.90 Å². The summed E-state index contributed by atoms with van der Waals surface area (Å²) in [7, 11) is -3.69. The molecular weight excluding hydrogens is 274 g/mol. The molecule has 1 atom stereocenters. The molecule has 0 radical (unpaired) electrons. The van der Waals surface area contributed by atoms with Crippen LogP contribution in [-0.2, 0) is 10.0 Å². The van der Waals surface area contributed by atoms with Crippen LogP contribution in [0, 0.1) is 5.92 Å². The maximum absolute atomic E-state index is 11.7. The van der Waals surface area contributed by atoms with E-state index < -0.39 is 10.0 Å². The van der Waals surface area contributed by atoms with Crippen LogP contribution in [0.2, 0.25) is 0 Å². The lowest BCUT2D eigenvalue weighted by Gasteiger charge is -2.31. The van der Waals surface area contributed by atoms with Gasteiger partial charge in [-0.25, -0.2) is 13.6 Å². The Bertz CT molecular complexity index is 539. The molecule has 1 aromatic rings. The van der Waals surface area contributed by atoms with Gasteiger partial charge in [0, 0.05) is 13.1 Å². The summed E-state index contributed by atoms with van der Waals surface area (Å²) in [6.45, 7) is 5.74. The first-order valence-corrected chi connectivity index (χ1v) is 8.64. The Kier molecular flexibility index (Phi) is 5.01. The van der Waals surface area contributed by atoms with Crippen LogP contribution in [0.15, 0.2) is 29.2 Å². The van der Waals surface area contributed by atoms with E-state index in [2.05, 4.69) is 10.2 Å². The van der Waals surface area contributed by atoms with Crippen molar-refractivity contribution in [2.24, 2.45) is 11.1 Å². The molecule has 0 aromatic heterocycles. The van der Waals surface area contributed by atoms with Gasteiger partial charge in [0.2, 0.25) is 10.0 Å². The lowest BCUT2D eigenvalue weighted by molar-refractivity contribution is 0.377. The molecule has 0 bridgehead atoms. The molecule has 2 rings (SSSR count). The Morgan fingerprint density at radius 2 is 2.15 bits per heavy atom. The molecule has 0 aliphatic carbocycles. The molecule has 1 heterocycles. The molecule has 0 saturated carbocycles. The molecule has 1 saturated heterocycles. The van der Waals surface area contributed by atoms with E-state index in [4.69, 9.17) is 5.14 Å². The average Bonchev–Trinajstić information content (AvgIpc) is 2.45. The Hall–Kier alpha value is -1.11. The lowest BCUT2D eigenvalue weighted by atomic mass is 9.99. The van der Waals surface area contributed by atoms with Gasteiger partial charge in [0.1, 0.15) is 4.90 Å². The van der Waals surface area contributed by atoms with Crippen LogP contribution in [0.1, 0.15) is 19.8 Å². The largest absolute Gasteiger partial charge is 0.370 e. The van der Waals surface area contributed by atoms with E-state index in [0.717, 1.165) is 26.2 Å². The van der Waals surface area contributed by atoms with Crippen molar-refractivity contribution in [2.45, 2.75) is 24.7 Å². The third kappa shape index (κ3) is 3.71. The second kappa shape index (κ2) is 6.56. The van der Waals surface area contributed by atoms with Gasteiger partial charge in [0.05, 0.1) is 5.69 Å². The fourth-order valence-electron chi connectivity index (χ4n) is 2.75. The highest BCUT2D eigenvalue weighted by Gasteiger charge is 2.21. The number of hydrogen-bond donors (Lipinski definition) is 2. The Morgan fingerprint density at radius 1 is 1.40 bits per heavy atom. The van der Waals surface area contributed by atoms with E-state index in [1.807, 2.05) is 19.1 Å². The summed E-state index contributed by atoms with van der Waals surface area (Å²) in [5, 5.41) is 8.71. The molecule has 6 heteroatoms. The summed E-state index contributed by atoms with van der Waals surface area (Å²) < 4.78 is 23.4. The van der Waals surface area contributed by atoms with Crippen LogP contribution in [0.25, 0.3) is 0 Å². The first kappa shape index (κ1) is 15.3. The highest BCUT2D eigenvalue weighted by atomic mass is 32.2. The van der Waals surface area contributed by atoms with Gasteiger partial charge in [0.15, 0.2) is 0 Å². The zero-order valence-corrected chi connectivity index (χ0v) is 12.7. The fourth-order valence-corrected chi connectivity index (χ4v) is 3.51. The monoisotopic (exact) mass is 297 g/mol. The normalized spacial score (nSPS) is 19.8. The minimum atomic E-state index is -3.69. The number of hydrogen-bond acceptors (Lipinski definition) is 4. The first-order chi connectivity index (χ1) is 9.52. The van der Waals surface area contributed by atoms with E-state index in [1.54, 1.807) is 12.1 Å². The van der Waals surface area contributed by atoms with Crippen molar-refractivity contribution in [3.05, 3.63) is 24.3 Å². The van der Waals surface area contributed by atoms with Crippen LogP contribution < -0.4 is 15.4 Å². The van der Waals surface area contributed by atoms with Gasteiger partial charge >= 0.3 is 0 Å². The highest BCUT2D eigenvalue weighted by molar-refractivity contribution is 7.89. The maximum atomic E-state index is 11.7. The zero-order chi connectivity index (χ0) is 14.6. The molecular formula is C14H23N3O2S. The number of nitrogens with one attached hydrogen (secondary N) is 1. The third-order valence-electron chi connectivity index (χ3n) is 3.77. The second-order valence-corrected chi connectivity index (χ2v) is 6.79. The molecule has 5 nitrogen and oxygen atoms in total. The van der Waals surface area contributed by atoms with Gasteiger partial charge in [-0.05, 0) is 50.9 Å². The molecule has 0 amide bonds. The van der Waals surface area contributed by atoms with Crippen LogP contribution in [-0.4, -0.2) is 34.6 Å². The predicted octanol–water partition coefficient (Wildman–Crippen LogP) is 1.16. The van der Waals surface area contributed by atoms with Crippen LogP contribution in [0.3, 0.4) is 0 Å². The molecule has 3 N–H and O–H groups in total. The fraction of sp³-hybridized carbons (Fsp3) is 0.571. The number of nitrogens with two attached hydrogens (primary N) is 1. The molecule has 1 aromatic carbocycles. The summed E-state index contributed by atoms with van der Waals surface area (Å²) in [5.41, 5.74) is 0.711. The second-order valence-electron chi connectivity index (χ2n) is 5.26. The van der Waals surface area contributed by atoms with Gasteiger partial charge in [-0.1, -0.05) is 12.1 Å². The van der Waals surface area contributed by atoms with Crippen molar-refractivity contribution in [2.75, 3.05) is 31.1 Å². The number of benzene rings is 1. The highest BCUT2D eigenvalue weighted by Crippen LogP contribution is 2.25. The quantitative estimate of drug-likeness (QED) is 0.855. The van der Waals surface area contributed by atoms with E-state index in [9.17, 15) is 8.42 Å². The number of nitrogens with zero attached hydrogens (tertiary/aromatic N) is 1. The number of piperidine rings is 1. The van der Waals surface area contributed by atoms with Crippen LogP contribution in [0.5, 0.6) is 0 Å². The number of para-hydroxylation sites is 1. The van der Waals surface area contributed by atoms with Crippen molar-refractivity contribution in [3.8, 4) is 0 Å². The summed E-state index contributed by atoms with van der Waals surface area (Å²) in [6.07, 6.45) is 2.36. The summed E-state index contributed by atoms with van der Waals surface area (Å²) in [5.74, 6) is 0.553. The van der Waals surface area contributed by atoms with E-state index >= 15 is 0 Å².